The lowest BCUT2D eigenvalue weighted by Gasteiger charge is -2.13. The van der Waals surface area contributed by atoms with Gasteiger partial charge in [0.15, 0.2) is 0 Å². The van der Waals surface area contributed by atoms with Crippen LogP contribution in [-0.4, -0.2) is 12.4 Å². The molecule has 0 aliphatic heterocycles. The topological polar surface area (TPSA) is 26.3 Å². The summed E-state index contributed by atoms with van der Waals surface area (Å²) in [5.74, 6) is -0.0312. The highest BCUT2D eigenvalue weighted by Gasteiger charge is 2.05. The fourth-order valence-electron chi connectivity index (χ4n) is 1.42. The maximum Gasteiger partial charge on any atom is 0.150 e. The molecule has 1 atom stereocenters. The van der Waals surface area contributed by atoms with Crippen molar-refractivity contribution < 1.29 is 13.9 Å². The summed E-state index contributed by atoms with van der Waals surface area (Å²) in [6.07, 6.45) is 2.57. The van der Waals surface area contributed by atoms with E-state index in [0.29, 0.717) is 17.6 Å². The average molecular weight is 210 g/mol. The van der Waals surface area contributed by atoms with Crippen LogP contribution in [0, 0.1) is 5.82 Å². The number of benzene rings is 1. The molecule has 0 spiro atoms. The number of ether oxygens (including phenoxy) is 1. The van der Waals surface area contributed by atoms with Crippen LogP contribution in [-0.2, 0) is 0 Å². The molecule has 1 unspecified atom stereocenters. The van der Waals surface area contributed by atoms with Gasteiger partial charge in [-0.1, -0.05) is 13.3 Å². The van der Waals surface area contributed by atoms with E-state index in [2.05, 4.69) is 6.92 Å². The number of hydrogen-bond acceptors (Lipinski definition) is 2. The highest BCUT2D eigenvalue weighted by Crippen LogP contribution is 2.17. The smallest absolute Gasteiger partial charge is 0.150 e. The van der Waals surface area contributed by atoms with Gasteiger partial charge in [0.25, 0.3) is 0 Å². The molecule has 0 N–H and O–H groups in total. The fourth-order valence-corrected chi connectivity index (χ4v) is 1.42. The molecule has 0 saturated heterocycles. The van der Waals surface area contributed by atoms with Gasteiger partial charge in [0.1, 0.15) is 17.9 Å². The van der Waals surface area contributed by atoms with E-state index in [1.54, 1.807) is 6.07 Å². The second-order valence-corrected chi connectivity index (χ2v) is 3.56. The molecule has 2 nitrogen and oxygen atoms in total. The maximum atomic E-state index is 13.0. The molecule has 0 aliphatic carbocycles. The molecule has 0 amide bonds. The average Bonchev–Trinajstić information content (AvgIpc) is 2.17. The summed E-state index contributed by atoms with van der Waals surface area (Å²) in [5.41, 5.74) is 0.300. The van der Waals surface area contributed by atoms with Crippen molar-refractivity contribution in [3.05, 3.63) is 29.6 Å². The first-order valence-corrected chi connectivity index (χ1v) is 5.08. The highest BCUT2D eigenvalue weighted by molar-refractivity contribution is 5.75. The van der Waals surface area contributed by atoms with Gasteiger partial charge in [-0.2, -0.15) is 0 Å². The van der Waals surface area contributed by atoms with Crippen molar-refractivity contribution >= 4 is 6.29 Å². The largest absolute Gasteiger partial charge is 0.491 e. The van der Waals surface area contributed by atoms with Gasteiger partial charge in [-0.05, 0) is 25.5 Å². The van der Waals surface area contributed by atoms with E-state index in [-0.39, 0.29) is 6.10 Å². The minimum atomic E-state index is -0.446. The quantitative estimate of drug-likeness (QED) is 0.697. The first-order chi connectivity index (χ1) is 7.15. The number of carbonyl (C=O) groups is 1. The molecule has 0 radical (unpaired) electrons. The molecule has 0 aromatic heterocycles. The van der Waals surface area contributed by atoms with E-state index in [1.165, 1.54) is 12.1 Å². The molecule has 1 aromatic carbocycles. The summed E-state index contributed by atoms with van der Waals surface area (Å²) >= 11 is 0. The zero-order valence-corrected chi connectivity index (χ0v) is 9.00. The van der Waals surface area contributed by atoms with Crippen LogP contribution in [0.2, 0.25) is 0 Å². The van der Waals surface area contributed by atoms with Crippen molar-refractivity contribution in [2.45, 2.75) is 32.8 Å². The van der Waals surface area contributed by atoms with Gasteiger partial charge in [0.05, 0.1) is 6.10 Å². The number of hydrogen-bond donors (Lipinski definition) is 0. The molecule has 1 rings (SSSR count). The summed E-state index contributed by atoms with van der Waals surface area (Å²) in [6, 6.07) is 4.02. The normalized spacial score (nSPS) is 12.2. The van der Waals surface area contributed by atoms with Crippen molar-refractivity contribution in [2.75, 3.05) is 0 Å². The van der Waals surface area contributed by atoms with E-state index in [0.717, 1.165) is 12.8 Å². The standard InChI is InChI=1S/C12H15FO2/c1-3-4-9(2)15-12-6-10(8-14)5-11(13)7-12/h5-9H,3-4H2,1-2H3. The van der Waals surface area contributed by atoms with Crippen molar-refractivity contribution in [1.29, 1.82) is 0 Å². The fraction of sp³-hybridized carbons (Fsp3) is 0.417. The minimum absolute atomic E-state index is 0.0382. The van der Waals surface area contributed by atoms with Gasteiger partial charge in [-0.15, -0.1) is 0 Å². The molecule has 0 bridgehead atoms. The lowest BCUT2D eigenvalue weighted by molar-refractivity contribution is 0.112. The molecule has 15 heavy (non-hydrogen) atoms. The first kappa shape index (κ1) is 11.7. The predicted octanol–water partition coefficient (Wildman–Crippen LogP) is 3.21. The van der Waals surface area contributed by atoms with Crippen LogP contribution in [0.25, 0.3) is 0 Å². The molecule has 0 heterocycles. The number of carbonyl (C=O) groups excluding carboxylic acids is 1. The minimum Gasteiger partial charge on any atom is -0.491 e. The second kappa shape index (κ2) is 5.49. The van der Waals surface area contributed by atoms with Crippen LogP contribution < -0.4 is 4.74 Å². The SMILES string of the molecule is CCCC(C)Oc1cc(F)cc(C=O)c1. The van der Waals surface area contributed by atoms with Crippen molar-refractivity contribution in [3.63, 3.8) is 0 Å². The summed E-state index contributed by atoms with van der Waals surface area (Å²) in [6.45, 7) is 3.98. The molecule has 0 aliphatic rings. The van der Waals surface area contributed by atoms with Crippen LogP contribution in [0.4, 0.5) is 4.39 Å². The van der Waals surface area contributed by atoms with Crippen molar-refractivity contribution in [2.24, 2.45) is 0 Å². The van der Waals surface area contributed by atoms with Gasteiger partial charge in [0.2, 0.25) is 0 Å². The van der Waals surface area contributed by atoms with E-state index < -0.39 is 5.82 Å². The number of rotatable bonds is 5. The monoisotopic (exact) mass is 210 g/mol. The van der Waals surface area contributed by atoms with Crippen LogP contribution >= 0.6 is 0 Å². The van der Waals surface area contributed by atoms with Gasteiger partial charge in [0, 0.05) is 11.6 Å². The lowest BCUT2D eigenvalue weighted by atomic mass is 10.2. The number of halogens is 1. The van der Waals surface area contributed by atoms with Crippen LogP contribution in [0.5, 0.6) is 5.75 Å². The van der Waals surface area contributed by atoms with Crippen molar-refractivity contribution in [3.8, 4) is 5.75 Å². The molecule has 0 fully saturated rings. The van der Waals surface area contributed by atoms with Crippen LogP contribution in [0.3, 0.4) is 0 Å². The second-order valence-electron chi connectivity index (χ2n) is 3.56. The third kappa shape index (κ3) is 3.70. The Hall–Kier alpha value is -1.38. The summed E-state index contributed by atoms with van der Waals surface area (Å²) in [7, 11) is 0. The van der Waals surface area contributed by atoms with Gasteiger partial charge < -0.3 is 4.74 Å². The van der Waals surface area contributed by atoms with E-state index in [4.69, 9.17) is 4.74 Å². The zero-order valence-electron chi connectivity index (χ0n) is 9.00. The summed E-state index contributed by atoms with van der Waals surface area (Å²) < 4.78 is 18.5. The molecule has 3 heteroatoms. The maximum absolute atomic E-state index is 13.0. The van der Waals surface area contributed by atoms with E-state index in [9.17, 15) is 9.18 Å². The van der Waals surface area contributed by atoms with Gasteiger partial charge in [-0.25, -0.2) is 4.39 Å². The Balaban J connectivity index is 2.76. The number of aldehydes is 1. The Kier molecular flexibility index (Phi) is 4.28. The Morgan fingerprint density at radius 2 is 2.20 bits per heavy atom. The Bertz CT molecular complexity index is 336. The van der Waals surface area contributed by atoms with Gasteiger partial charge >= 0.3 is 0 Å². The van der Waals surface area contributed by atoms with Crippen LogP contribution in [0.1, 0.15) is 37.0 Å². The Morgan fingerprint density at radius 3 is 2.80 bits per heavy atom. The zero-order chi connectivity index (χ0) is 11.3. The van der Waals surface area contributed by atoms with Crippen LogP contribution in [0.15, 0.2) is 18.2 Å². The highest BCUT2D eigenvalue weighted by atomic mass is 19.1. The molecular weight excluding hydrogens is 195 g/mol. The molecule has 0 saturated carbocycles. The Labute approximate surface area is 89.1 Å². The third-order valence-corrected chi connectivity index (χ3v) is 2.06. The van der Waals surface area contributed by atoms with Gasteiger partial charge in [-0.3, -0.25) is 4.79 Å². The predicted molar refractivity (Wildman–Crippen MR) is 56.8 cm³/mol. The molecule has 82 valence electrons. The molecular formula is C12H15FO2. The van der Waals surface area contributed by atoms with E-state index in [1.807, 2.05) is 6.92 Å². The van der Waals surface area contributed by atoms with Crippen molar-refractivity contribution in [1.82, 2.24) is 0 Å². The summed E-state index contributed by atoms with van der Waals surface area (Å²) in [5, 5.41) is 0. The molecule has 1 aromatic rings. The first-order valence-electron chi connectivity index (χ1n) is 5.08. The Morgan fingerprint density at radius 1 is 1.47 bits per heavy atom. The summed E-state index contributed by atoms with van der Waals surface area (Å²) in [4.78, 5) is 10.5. The third-order valence-electron chi connectivity index (χ3n) is 2.06. The van der Waals surface area contributed by atoms with E-state index >= 15 is 0 Å². The lowest BCUT2D eigenvalue weighted by Crippen LogP contribution is -2.11.